The number of ketones is 1. The van der Waals surface area contributed by atoms with Crippen LogP contribution in [-0.4, -0.2) is 30.2 Å². The van der Waals surface area contributed by atoms with Gasteiger partial charge in [0.2, 0.25) is 5.91 Å². The lowest BCUT2D eigenvalue weighted by atomic mass is 10.1. The summed E-state index contributed by atoms with van der Waals surface area (Å²) in [6.45, 7) is 0.191. The first-order valence-electron chi connectivity index (χ1n) is 6.52. The van der Waals surface area contributed by atoms with Crippen LogP contribution in [0.4, 0.5) is 5.69 Å². The maximum Gasteiger partial charge on any atom is 0.299 e. The van der Waals surface area contributed by atoms with E-state index in [1.165, 1.54) is 4.90 Å². The third-order valence-electron chi connectivity index (χ3n) is 3.45. The van der Waals surface area contributed by atoms with Crippen molar-refractivity contribution in [1.82, 2.24) is 5.32 Å². The maximum absolute atomic E-state index is 11.9. The van der Waals surface area contributed by atoms with Crippen LogP contribution in [0.1, 0.15) is 29.6 Å². The minimum absolute atomic E-state index is 0.0942. The molecule has 1 N–H and O–H groups in total. The van der Waals surface area contributed by atoms with Crippen LogP contribution in [0.25, 0.3) is 0 Å². The predicted octanol–water partition coefficient (Wildman–Crippen LogP) is 1.54. The van der Waals surface area contributed by atoms with Crippen LogP contribution in [0.2, 0.25) is 5.02 Å². The number of amides is 2. The molecule has 0 saturated heterocycles. The number of hydrogen-bond acceptors (Lipinski definition) is 3. The Labute approximate surface area is 120 Å². The lowest BCUT2D eigenvalue weighted by Crippen LogP contribution is -2.35. The van der Waals surface area contributed by atoms with E-state index in [0.717, 1.165) is 12.8 Å². The Morgan fingerprint density at radius 2 is 2.10 bits per heavy atom. The first kappa shape index (κ1) is 13.1. The molecule has 6 heteroatoms. The largest absolute Gasteiger partial charge is 0.353 e. The summed E-state index contributed by atoms with van der Waals surface area (Å²) in [5.41, 5.74) is 0.730. The van der Waals surface area contributed by atoms with E-state index in [1.54, 1.807) is 18.2 Å². The summed E-state index contributed by atoms with van der Waals surface area (Å²) < 4.78 is 0. The van der Waals surface area contributed by atoms with Crippen LogP contribution in [0, 0.1) is 0 Å². The molecule has 3 rings (SSSR count). The van der Waals surface area contributed by atoms with Gasteiger partial charge in [-0.3, -0.25) is 14.4 Å². The van der Waals surface area contributed by atoms with E-state index in [0.29, 0.717) is 11.7 Å². The molecule has 1 heterocycles. The normalized spacial score (nSPS) is 17.4. The van der Waals surface area contributed by atoms with Gasteiger partial charge in [-0.2, -0.15) is 0 Å². The topological polar surface area (TPSA) is 66.5 Å². The third kappa shape index (κ3) is 2.29. The maximum atomic E-state index is 11.9. The first-order valence-corrected chi connectivity index (χ1v) is 6.90. The van der Waals surface area contributed by atoms with Crippen molar-refractivity contribution in [1.29, 1.82) is 0 Å². The van der Waals surface area contributed by atoms with E-state index in [2.05, 4.69) is 5.32 Å². The quantitative estimate of drug-likeness (QED) is 0.856. The number of Topliss-reactive ketones (excluding diaryl/α,β-unsaturated/α-hetero) is 1. The number of nitrogens with one attached hydrogen (secondary N) is 1. The van der Waals surface area contributed by atoms with Gasteiger partial charge in [0.05, 0.1) is 16.3 Å². The van der Waals surface area contributed by atoms with Crippen molar-refractivity contribution in [3.63, 3.8) is 0 Å². The van der Waals surface area contributed by atoms with E-state index in [4.69, 9.17) is 11.6 Å². The molecule has 1 aromatic carbocycles. The fourth-order valence-corrected chi connectivity index (χ4v) is 2.52. The Balaban J connectivity index is 1.74. The van der Waals surface area contributed by atoms with Gasteiger partial charge < -0.3 is 10.2 Å². The molecule has 0 bridgehead atoms. The molecule has 0 atom stereocenters. The molecule has 1 fully saturated rings. The fraction of sp³-hybridized carbons (Fsp3) is 0.357. The summed E-state index contributed by atoms with van der Waals surface area (Å²) >= 11 is 5.96. The number of halogens is 1. The van der Waals surface area contributed by atoms with Gasteiger partial charge in [0, 0.05) is 19.0 Å². The van der Waals surface area contributed by atoms with Gasteiger partial charge in [-0.25, -0.2) is 0 Å². The van der Waals surface area contributed by atoms with Gasteiger partial charge in [-0.1, -0.05) is 17.7 Å². The molecule has 0 radical (unpaired) electrons. The summed E-state index contributed by atoms with van der Waals surface area (Å²) in [5, 5.41) is 3.12. The number of benzene rings is 1. The minimum Gasteiger partial charge on any atom is -0.353 e. The monoisotopic (exact) mass is 292 g/mol. The number of carbonyl (C=O) groups excluding carboxylic acids is 3. The molecule has 0 unspecified atom stereocenters. The average Bonchev–Trinajstić information content (AvgIpc) is 3.18. The van der Waals surface area contributed by atoms with E-state index < -0.39 is 11.7 Å². The molecule has 2 amide bonds. The van der Waals surface area contributed by atoms with Crippen molar-refractivity contribution in [2.24, 2.45) is 0 Å². The molecule has 20 heavy (non-hydrogen) atoms. The smallest absolute Gasteiger partial charge is 0.299 e. The minimum atomic E-state index is -0.618. The lowest BCUT2D eigenvalue weighted by molar-refractivity contribution is -0.121. The van der Waals surface area contributed by atoms with Crippen molar-refractivity contribution in [2.45, 2.75) is 25.3 Å². The third-order valence-corrected chi connectivity index (χ3v) is 3.77. The summed E-state index contributed by atoms with van der Waals surface area (Å²) in [6.07, 6.45) is 2.22. The van der Waals surface area contributed by atoms with Gasteiger partial charge in [-0.15, -0.1) is 0 Å². The fourth-order valence-electron chi connectivity index (χ4n) is 2.26. The highest BCUT2D eigenvalue weighted by Crippen LogP contribution is 2.34. The van der Waals surface area contributed by atoms with Crippen LogP contribution in [0.15, 0.2) is 18.2 Å². The number of fused-ring (bicyclic) bond motifs is 1. The van der Waals surface area contributed by atoms with Gasteiger partial charge in [0.15, 0.2) is 0 Å². The summed E-state index contributed by atoms with van der Waals surface area (Å²) in [4.78, 5) is 36.8. The number of nitrogens with zero attached hydrogens (tertiary/aromatic N) is 1. The molecule has 0 spiro atoms. The summed E-state index contributed by atoms with van der Waals surface area (Å²) in [7, 11) is 0. The highest BCUT2D eigenvalue weighted by atomic mass is 35.5. The summed E-state index contributed by atoms with van der Waals surface area (Å²) in [5.74, 6) is -1.32. The van der Waals surface area contributed by atoms with E-state index in [1.807, 2.05) is 0 Å². The van der Waals surface area contributed by atoms with Gasteiger partial charge in [0.1, 0.15) is 0 Å². The Hall–Kier alpha value is -1.88. The molecule has 1 aliphatic carbocycles. The Morgan fingerprint density at radius 3 is 2.80 bits per heavy atom. The highest BCUT2D eigenvalue weighted by molar-refractivity contribution is 6.55. The molecule has 1 aliphatic heterocycles. The van der Waals surface area contributed by atoms with Crippen LogP contribution >= 0.6 is 11.6 Å². The zero-order chi connectivity index (χ0) is 14.3. The number of rotatable bonds is 4. The Morgan fingerprint density at radius 1 is 1.35 bits per heavy atom. The average molecular weight is 293 g/mol. The molecular formula is C14H13ClN2O3. The van der Waals surface area contributed by atoms with E-state index in [-0.39, 0.29) is 29.5 Å². The molecule has 5 nitrogen and oxygen atoms in total. The predicted molar refractivity (Wildman–Crippen MR) is 73.9 cm³/mol. The van der Waals surface area contributed by atoms with E-state index in [9.17, 15) is 14.4 Å². The van der Waals surface area contributed by atoms with Crippen molar-refractivity contribution >= 4 is 34.9 Å². The zero-order valence-corrected chi connectivity index (χ0v) is 11.4. The van der Waals surface area contributed by atoms with Crippen LogP contribution in [-0.2, 0) is 9.59 Å². The second kappa shape index (κ2) is 4.90. The van der Waals surface area contributed by atoms with Crippen LogP contribution in [0.3, 0.4) is 0 Å². The van der Waals surface area contributed by atoms with Crippen LogP contribution < -0.4 is 10.2 Å². The second-order valence-corrected chi connectivity index (χ2v) is 5.42. The molecule has 2 aliphatic rings. The number of hydrogen-bond donors (Lipinski definition) is 1. The van der Waals surface area contributed by atoms with Gasteiger partial charge >= 0.3 is 0 Å². The molecule has 1 saturated carbocycles. The standard InChI is InChI=1S/C14H13ClN2O3/c15-9-2-1-3-10-12(9)13(19)14(20)17(10)7-6-11(18)16-8-4-5-8/h1-3,8H,4-7H2,(H,16,18). The van der Waals surface area contributed by atoms with Crippen LogP contribution in [0.5, 0.6) is 0 Å². The Bertz CT molecular complexity index is 610. The lowest BCUT2D eigenvalue weighted by Gasteiger charge is -2.16. The van der Waals surface area contributed by atoms with E-state index >= 15 is 0 Å². The zero-order valence-electron chi connectivity index (χ0n) is 10.7. The van der Waals surface area contributed by atoms with Crippen molar-refractivity contribution < 1.29 is 14.4 Å². The molecular weight excluding hydrogens is 280 g/mol. The summed E-state index contributed by atoms with van der Waals surface area (Å²) in [6, 6.07) is 5.22. The first-order chi connectivity index (χ1) is 9.58. The SMILES string of the molecule is O=C(CCN1C(=O)C(=O)c2c(Cl)cccc21)NC1CC1. The van der Waals surface area contributed by atoms with Crippen molar-refractivity contribution in [3.05, 3.63) is 28.8 Å². The second-order valence-electron chi connectivity index (χ2n) is 5.01. The van der Waals surface area contributed by atoms with Gasteiger partial charge in [0.25, 0.3) is 11.7 Å². The molecule has 0 aromatic heterocycles. The van der Waals surface area contributed by atoms with Crippen molar-refractivity contribution in [3.8, 4) is 0 Å². The highest BCUT2D eigenvalue weighted by Gasteiger charge is 2.37. The Kier molecular flexibility index (Phi) is 3.22. The molecule has 1 aromatic rings. The number of anilines is 1. The molecule has 104 valence electrons. The van der Waals surface area contributed by atoms with Gasteiger partial charge in [-0.05, 0) is 25.0 Å². The number of carbonyl (C=O) groups is 3. The van der Waals surface area contributed by atoms with Crippen molar-refractivity contribution in [2.75, 3.05) is 11.4 Å².